The first-order valence-corrected chi connectivity index (χ1v) is 11.9. The van der Waals surface area contributed by atoms with Gasteiger partial charge in [-0.2, -0.15) is 0 Å². The van der Waals surface area contributed by atoms with Gasteiger partial charge in [0.05, 0.1) is 10.6 Å². The smallest absolute Gasteiger partial charge is 0.211 e. The molecule has 0 saturated heterocycles. The molecule has 0 aliphatic carbocycles. The van der Waals surface area contributed by atoms with Gasteiger partial charge in [0.15, 0.2) is 0 Å². The molecule has 0 fully saturated rings. The van der Waals surface area contributed by atoms with Crippen LogP contribution in [0.4, 0.5) is 16.4 Å². The summed E-state index contributed by atoms with van der Waals surface area (Å²) in [6.45, 7) is 0. The third-order valence-electron chi connectivity index (χ3n) is 4.57. The number of anilines is 3. The zero-order chi connectivity index (χ0) is 22.0. The summed E-state index contributed by atoms with van der Waals surface area (Å²) in [4.78, 5) is 13.2. The first-order valence-electron chi connectivity index (χ1n) is 9.22. The van der Waals surface area contributed by atoms with Crippen LogP contribution in [0.15, 0.2) is 94.7 Å². The Kier molecular flexibility index (Phi) is 5.82. The van der Waals surface area contributed by atoms with Crippen molar-refractivity contribution in [3.8, 4) is 0 Å². The molecule has 0 amide bonds. The molecule has 8 heteroatoms. The molecule has 0 bridgehead atoms. The molecular formula is C23H17ClN2O3S2. The lowest BCUT2D eigenvalue weighted by atomic mass is 10.1. The average Bonchev–Trinajstić information content (AvgIpc) is 3.12. The van der Waals surface area contributed by atoms with Gasteiger partial charge in [-0.3, -0.25) is 4.79 Å². The standard InChI is InChI=1S/C23H17ClN2O3S2/c24-16-11-13-17(14-12-16)26-23-22(31(28,29)18-9-5-2-6-10-18)19(25)21(30-23)20(27)15-7-3-1-4-8-15/h1-14,26H,25H2. The highest BCUT2D eigenvalue weighted by Crippen LogP contribution is 2.44. The summed E-state index contributed by atoms with van der Waals surface area (Å²) in [5.74, 6) is -0.336. The molecule has 0 spiro atoms. The molecule has 3 N–H and O–H groups in total. The Bertz CT molecular complexity index is 1340. The van der Waals surface area contributed by atoms with E-state index in [2.05, 4.69) is 5.32 Å². The van der Waals surface area contributed by atoms with Crippen LogP contribution in [0.1, 0.15) is 15.2 Å². The quantitative estimate of drug-likeness (QED) is 0.349. The first-order chi connectivity index (χ1) is 14.9. The molecule has 0 unspecified atom stereocenters. The van der Waals surface area contributed by atoms with Crippen molar-refractivity contribution in [1.29, 1.82) is 0 Å². The van der Waals surface area contributed by atoms with E-state index in [-0.39, 0.29) is 31.1 Å². The third kappa shape index (κ3) is 4.20. The predicted molar refractivity (Wildman–Crippen MR) is 125 cm³/mol. The minimum absolute atomic E-state index is 0.0702. The van der Waals surface area contributed by atoms with Crippen LogP contribution in [0.25, 0.3) is 0 Å². The lowest BCUT2D eigenvalue weighted by molar-refractivity contribution is 0.104. The second-order valence-corrected chi connectivity index (χ2v) is 9.99. The fraction of sp³-hybridized carbons (Fsp3) is 0. The molecule has 3 aromatic carbocycles. The highest BCUT2D eigenvalue weighted by Gasteiger charge is 2.31. The van der Waals surface area contributed by atoms with E-state index in [1.165, 1.54) is 12.1 Å². The Labute approximate surface area is 189 Å². The van der Waals surface area contributed by atoms with Crippen molar-refractivity contribution in [1.82, 2.24) is 0 Å². The van der Waals surface area contributed by atoms with Crippen LogP contribution in [-0.2, 0) is 9.84 Å². The molecule has 0 saturated carbocycles. The van der Waals surface area contributed by atoms with Crippen molar-refractivity contribution >= 4 is 54.9 Å². The van der Waals surface area contributed by atoms with Gasteiger partial charge in [0.25, 0.3) is 0 Å². The predicted octanol–water partition coefficient (Wildman–Crippen LogP) is 5.79. The second kappa shape index (κ2) is 8.55. The number of nitrogens with two attached hydrogens (primary N) is 1. The van der Waals surface area contributed by atoms with Crippen LogP contribution in [0.3, 0.4) is 0 Å². The van der Waals surface area contributed by atoms with Gasteiger partial charge in [0.1, 0.15) is 14.8 Å². The van der Waals surface area contributed by atoms with Crippen molar-refractivity contribution in [3.63, 3.8) is 0 Å². The number of nitrogens with one attached hydrogen (secondary N) is 1. The highest BCUT2D eigenvalue weighted by molar-refractivity contribution is 7.92. The number of rotatable bonds is 6. The maximum Gasteiger partial charge on any atom is 0.211 e. The minimum Gasteiger partial charge on any atom is -0.396 e. The van der Waals surface area contributed by atoms with E-state index in [4.69, 9.17) is 17.3 Å². The van der Waals surface area contributed by atoms with Gasteiger partial charge in [-0.25, -0.2) is 8.42 Å². The van der Waals surface area contributed by atoms with Crippen molar-refractivity contribution < 1.29 is 13.2 Å². The molecule has 5 nitrogen and oxygen atoms in total. The Morgan fingerprint density at radius 2 is 1.45 bits per heavy atom. The molecule has 0 aliphatic heterocycles. The Hall–Kier alpha value is -3.13. The summed E-state index contributed by atoms with van der Waals surface area (Å²) in [7, 11) is -3.98. The summed E-state index contributed by atoms with van der Waals surface area (Å²) >= 11 is 6.96. The van der Waals surface area contributed by atoms with Gasteiger partial charge in [0.2, 0.25) is 15.6 Å². The average molecular weight is 469 g/mol. The highest BCUT2D eigenvalue weighted by atomic mass is 35.5. The topological polar surface area (TPSA) is 89.3 Å². The van der Waals surface area contributed by atoms with E-state index < -0.39 is 9.84 Å². The molecule has 1 aromatic heterocycles. The lowest BCUT2D eigenvalue weighted by Gasteiger charge is -2.09. The minimum atomic E-state index is -3.98. The van der Waals surface area contributed by atoms with Crippen LogP contribution in [0.5, 0.6) is 0 Å². The fourth-order valence-corrected chi connectivity index (χ4v) is 6.13. The van der Waals surface area contributed by atoms with Crippen molar-refractivity contribution in [2.24, 2.45) is 0 Å². The second-order valence-electron chi connectivity index (χ2n) is 6.65. The van der Waals surface area contributed by atoms with Gasteiger partial charge in [-0.05, 0) is 36.4 Å². The van der Waals surface area contributed by atoms with Crippen LogP contribution < -0.4 is 11.1 Å². The van der Waals surface area contributed by atoms with E-state index >= 15 is 0 Å². The van der Waals surface area contributed by atoms with E-state index in [1.807, 2.05) is 0 Å². The van der Waals surface area contributed by atoms with Gasteiger partial charge in [-0.1, -0.05) is 60.1 Å². The summed E-state index contributed by atoms with van der Waals surface area (Å²) < 4.78 is 26.9. The Morgan fingerprint density at radius 3 is 2.06 bits per heavy atom. The van der Waals surface area contributed by atoms with Crippen LogP contribution in [0, 0.1) is 0 Å². The van der Waals surface area contributed by atoms with Gasteiger partial charge in [-0.15, -0.1) is 11.3 Å². The SMILES string of the molecule is Nc1c(C(=O)c2ccccc2)sc(Nc2ccc(Cl)cc2)c1S(=O)(=O)c1ccccc1. The summed E-state index contributed by atoms with van der Waals surface area (Å²) in [6.07, 6.45) is 0. The van der Waals surface area contributed by atoms with Gasteiger partial charge in [0, 0.05) is 16.3 Å². The molecule has 156 valence electrons. The largest absolute Gasteiger partial charge is 0.396 e. The van der Waals surface area contributed by atoms with Crippen molar-refractivity contribution in [3.05, 3.63) is 100 Å². The zero-order valence-corrected chi connectivity index (χ0v) is 18.5. The van der Waals surface area contributed by atoms with Crippen molar-refractivity contribution in [2.45, 2.75) is 9.79 Å². The summed E-state index contributed by atoms with van der Waals surface area (Å²) in [5.41, 5.74) is 7.27. The number of thiophene rings is 1. The number of nitrogen functional groups attached to an aromatic ring is 1. The van der Waals surface area contributed by atoms with E-state index in [1.54, 1.807) is 72.8 Å². The summed E-state index contributed by atoms with van der Waals surface area (Å²) in [5, 5.41) is 3.91. The Balaban J connectivity index is 1.88. The normalized spacial score (nSPS) is 11.3. The number of benzene rings is 3. The molecular weight excluding hydrogens is 452 g/mol. The first kappa shape index (κ1) is 21.1. The number of carbonyl (C=O) groups is 1. The van der Waals surface area contributed by atoms with Crippen LogP contribution >= 0.6 is 22.9 Å². The third-order valence-corrected chi connectivity index (χ3v) is 7.92. The number of sulfone groups is 1. The Morgan fingerprint density at radius 1 is 0.871 bits per heavy atom. The molecule has 31 heavy (non-hydrogen) atoms. The van der Waals surface area contributed by atoms with Crippen molar-refractivity contribution in [2.75, 3.05) is 11.1 Å². The van der Waals surface area contributed by atoms with E-state index in [0.717, 1.165) is 11.3 Å². The molecule has 0 atom stereocenters. The molecule has 0 aliphatic rings. The number of hydrogen-bond acceptors (Lipinski definition) is 6. The molecule has 1 heterocycles. The zero-order valence-electron chi connectivity index (χ0n) is 16.1. The maximum atomic E-state index is 13.4. The van der Waals surface area contributed by atoms with Gasteiger partial charge < -0.3 is 11.1 Å². The molecule has 4 rings (SSSR count). The summed E-state index contributed by atoms with van der Waals surface area (Å²) in [6, 6.07) is 23.4. The number of hydrogen-bond donors (Lipinski definition) is 2. The lowest BCUT2D eigenvalue weighted by Crippen LogP contribution is -2.08. The van der Waals surface area contributed by atoms with Gasteiger partial charge >= 0.3 is 0 Å². The van der Waals surface area contributed by atoms with Crippen LogP contribution in [-0.4, -0.2) is 14.2 Å². The maximum absolute atomic E-state index is 13.4. The monoisotopic (exact) mass is 468 g/mol. The molecule has 4 aromatic rings. The van der Waals surface area contributed by atoms with E-state index in [0.29, 0.717) is 16.3 Å². The number of ketones is 1. The number of halogens is 1. The van der Waals surface area contributed by atoms with E-state index in [9.17, 15) is 13.2 Å². The molecule has 0 radical (unpaired) electrons. The fourth-order valence-electron chi connectivity index (χ4n) is 3.05. The van der Waals surface area contributed by atoms with Crippen LogP contribution in [0.2, 0.25) is 5.02 Å². The number of carbonyl (C=O) groups excluding carboxylic acids is 1.